The minimum atomic E-state index is -0.292. The van der Waals surface area contributed by atoms with Gasteiger partial charge in [-0.15, -0.1) is 0 Å². The van der Waals surface area contributed by atoms with E-state index in [9.17, 15) is 9.90 Å². The molecule has 0 radical (unpaired) electrons. The normalized spacial score (nSPS) is 28.4. The highest BCUT2D eigenvalue weighted by Crippen LogP contribution is 2.51. The van der Waals surface area contributed by atoms with Crippen LogP contribution in [-0.4, -0.2) is 47.8 Å². The number of carbonyl (C=O) groups excluding carboxylic acids is 1. The van der Waals surface area contributed by atoms with Crippen LogP contribution < -0.4 is 0 Å². The summed E-state index contributed by atoms with van der Waals surface area (Å²) in [5, 5.41) is 10.1. The number of aliphatic hydroxyl groups is 1. The smallest absolute Gasteiger partial charge is 0.289 e. The first-order valence-electron chi connectivity index (χ1n) is 7.30. The number of furan rings is 1. The van der Waals surface area contributed by atoms with Crippen LogP contribution in [0.1, 0.15) is 36.7 Å². The molecule has 5 heteroatoms. The summed E-state index contributed by atoms with van der Waals surface area (Å²) in [6, 6.07) is 3.41. The zero-order valence-corrected chi connectivity index (χ0v) is 11.7. The highest BCUT2D eigenvalue weighted by Gasteiger charge is 2.56. The maximum absolute atomic E-state index is 12.2. The second-order valence-electron chi connectivity index (χ2n) is 5.70. The van der Waals surface area contributed by atoms with Crippen LogP contribution in [0, 0.1) is 5.41 Å². The first-order chi connectivity index (χ1) is 9.67. The predicted molar refractivity (Wildman–Crippen MR) is 72.3 cm³/mol. The van der Waals surface area contributed by atoms with E-state index in [-0.39, 0.29) is 23.5 Å². The van der Waals surface area contributed by atoms with Crippen molar-refractivity contribution < 1.29 is 19.1 Å². The number of rotatable bonds is 3. The lowest BCUT2D eigenvalue weighted by Gasteiger charge is -2.56. The van der Waals surface area contributed by atoms with E-state index in [4.69, 9.17) is 9.15 Å². The third-order valence-electron chi connectivity index (χ3n) is 4.82. The molecule has 1 N–H and O–H groups in total. The van der Waals surface area contributed by atoms with Crippen LogP contribution in [0.15, 0.2) is 22.8 Å². The minimum Gasteiger partial charge on any atom is -0.459 e. The van der Waals surface area contributed by atoms with Gasteiger partial charge in [0.25, 0.3) is 5.91 Å². The Morgan fingerprint density at radius 2 is 2.30 bits per heavy atom. The summed E-state index contributed by atoms with van der Waals surface area (Å²) in [6.45, 7) is 3.96. The molecule has 5 nitrogen and oxygen atoms in total. The maximum atomic E-state index is 12.2. The second kappa shape index (κ2) is 5.22. The van der Waals surface area contributed by atoms with E-state index in [0.29, 0.717) is 25.5 Å². The third-order valence-corrected chi connectivity index (χ3v) is 4.82. The number of ether oxygens (including phenoxy) is 1. The molecular formula is C15H21NO4. The summed E-state index contributed by atoms with van der Waals surface area (Å²) in [5.74, 6) is 0.322. The number of hydrogen-bond acceptors (Lipinski definition) is 4. The number of amides is 1. The minimum absolute atomic E-state index is 0.0633. The van der Waals surface area contributed by atoms with Crippen LogP contribution in [0.25, 0.3) is 0 Å². The molecule has 1 aliphatic carbocycles. The fourth-order valence-electron chi connectivity index (χ4n) is 3.50. The van der Waals surface area contributed by atoms with Gasteiger partial charge >= 0.3 is 0 Å². The molecule has 20 heavy (non-hydrogen) atoms. The molecule has 1 aromatic heterocycles. The van der Waals surface area contributed by atoms with Crippen molar-refractivity contribution in [2.24, 2.45) is 5.41 Å². The summed E-state index contributed by atoms with van der Waals surface area (Å²) >= 11 is 0. The fraction of sp³-hybridized carbons (Fsp3) is 0.667. The van der Waals surface area contributed by atoms with Crippen molar-refractivity contribution in [3.63, 3.8) is 0 Å². The number of aliphatic hydroxyl groups excluding tert-OH is 1. The van der Waals surface area contributed by atoms with Gasteiger partial charge in [-0.1, -0.05) is 0 Å². The number of nitrogens with zero attached hydrogens (tertiary/aromatic N) is 1. The van der Waals surface area contributed by atoms with Crippen molar-refractivity contribution in [1.29, 1.82) is 0 Å². The van der Waals surface area contributed by atoms with E-state index < -0.39 is 0 Å². The molecule has 1 spiro atoms. The van der Waals surface area contributed by atoms with Crippen LogP contribution in [0.3, 0.4) is 0 Å². The summed E-state index contributed by atoms with van der Waals surface area (Å²) in [6.07, 6.45) is 3.68. The topological polar surface area (TPSA) is 62.9 Å². The predicted octanol–water partition coefficient (Wildman–Crippen LogP) is 1.67. The second-order valence-corrected chi connectivity index (χ2v) is 5.70. The van der Waals surface area contributed by atoms with Crippen LogP contribution in [0.2, 0.25) is 0 Å². The standard InChI is InChI=1S/C15H21NO4/c1-2-19-13-10-12(17)15(13)5-7-16(8-6-15)14(18)11-4-3-9-20-11/h3-4,9,12-13,17H,2,5-8,10H2,1H3/t12-,13-/m1/s1. The Kier molecular flexibility index (Phi) is 3.56. The quantitative estimate of drug-likeness (QED) is 0.914. The first kappa shape index (κ1) is 13.6. The Bertz CT molecular complexity index is 460. The van der Waals surface area contributed by atoms with E-state index in [1.54, 1.807) is 17.0 Å². The van der Waals surface area contributed by atoms with Gasteiger partial charge in [-0.2, -0.15) is 0 Å². The summed E-state index contributed by atoms with van der Waals surface area (Å²) in [4.78, 5) is 14.0. The average molecular weight is 279 g/mol. The Balaban J connectivity index is 1.63. The number of likely N-dealkylation sites (tertiary alicyclic amines) is 1. The van der Waals surface area contributed by atoms with Crippen LogP contribution in [0.4, 0.5) is 0 Å². The highest BCUT2D eigenvalue weighted by atomic mass is 16.5. The Morgan fingerprint density at radius 1 is 1.55 bits per heavy atom. The SMILES string of the molecule is CCO[C@@H]1C[C@@H](O)C12CCN(C(=O)c1ccco1)CC2. The zero-order valence-electron chi connectivity index (χ0n) is 11.7. The number of piperidine rings is 1. The molecule has 1 aliphatic heterocycles. The van der Waals surface area contributed by atoms with Crippen molar-refractivity contribution in [2.75, 3.05) is 19.7 Å². The van der Waals surface area contributed by atoms with Gasteiger partial charge in [-0.25, -0.2) is 0 Å². The van der Waals surface area contributed by atoms with Gasteiger partial charge in [-0.3, -0.25) is 4.79 Å². The van der Waals surface area contributed by atoms with Crippen LogP contribution in [0.5, 0.6) is 0 Å². The van der Waals surface area contributed by atoms with Crippen molar-refractivity contribution in [2.45, 2.75) is 38.4 Å². The average Bonchev–Trinajstić information content (AvgIpc) is 3.01. The molecule has 2 atom stereocenters. The summed E-state index contributed by atoms with van der Waals surface area (Å²) < 4.78 is 10.9. The van der Waals surface area contributed by atoms with Gasteiger partial charge in [-0.05, 0) is 31.9 Å². The molecule has 3 rings (SSSR count). The maximum Gasteiger partial charge on any atom is 0.289 e. The molecule has 1 saturated heterocycles. The largest absolute Gasteiger partial charge is 0.459 e. The summed E-state index contributed by atoms with van der Waals surface area (Å²) in [5.41, 5.74) is -0.143. The van der Waals surface area contributed by atoms with E-state index in [1.807, 2.05) is 6.92 Å². The lowest BCUT2D eigenvalue weighted by molar-refractivity contribution is -0.207. The highest BCUT2D eigenvalue weighted by molar-refractivity contribution is 5.91. The van der Waals surface area contributed by atoms with Crippen molar-refractivity contribution in [1.82, 2.24) is 4.90 Å². The van der Waals surface area contributed by atoms with Gasteiger partial charge in [0.2, 0.25) is 0 Å². The third kappa shape index (κ3) is 2.05. The van der Waals surface area contributed by atoms with E-state index in [1.165, 1.54) is 6.26 Å². The van der Waals surface area contributed by atoms with Gasteiger partial charge in [0.1, 0.15) is 0 Å². The van der Waals surface area contributed by atoms with E-state index in [2.05, 4.69) is 0 Å². The van der Waals surface area contributed by atoms with E-state index in [0.717, 1.165) is 19.3 Å². The molecule has 1 saturated carbocycles. The molecule has 1 aromatic rings. The molecule has 2 aliphatic rings. The van der Waals surface area contributed by atoms with Gasteiger partial charge in [0, 0.05) is 31.5 Å². The van der Waals surface area contributed by atoms with Gasteiger partial charge in [0.05, 0.1) is 18.5 Å². The Labute approximate surface area is 118 Å². The molecule has 0 bridgehead atoms. The molecular weight excluding hydrogens is 258 g/mol. The van der Waals surface area contributed by atoms with E-state index >= 15 is 0 Å². The summed E-state index contributed by atoms with van der Waals surface area (Å²) in [7, 11) is 0. The molecule has 2 fully saturated rings. The van der Waals surface area contributed by atoms with Crippen molar-refractivity contribution in [3.8, 4) is 0 Å². The molecule has 1 amide bonds. The lowest BCUT2D eigenvalue weighted by Crippen LogP contribution is -2.62. The molecule has 2 heterocycles. The zero-order chi connectivity index (χ0) is 14.2. The molecule has 0 unspecified atom stereocenters. The van der Waals surface area contributed by atoms with Crippen molar-refractivity contribution >= 4 is 5.91 Å². The number of hydrogen-bond donors (Lipinski definition) is 1. The monoisotopic (exact) mass is 279 g/mol. The molecule has 110 valence electrons. The number of carbonyl (C=O) groups is 1. The Morgan fingerprint density at radius 3 is 2.85 bits per heavy atom. The lowest BCUT2D eigenvalue weighted by atomic mass is 9.58. The van der Waals surface area contributed by atoms with Gasteiger partial charge < -0.3 is 19.2 Å². The first-order valence-corrected chi connectivity index (χ1v) is 7.30. The Hall–Kier alpha value is -1.33. The fourth-order valence-corrected chi connectivity index (χ4v) is 3.50. The van der Waals surface area contributed by atoms with Crippen molar-refractivity contribution in [3.05, 3.63) is 24.2 Å². The van der Waals surface area contributed by atoms with Gasteiger partial charge in [0.15, 0.2) is 5.76 Å². The van der Waals surface area contributed by atoms with Crippen LogP contribution in [-0.2, 0) is 4.74 Å². The molecule has 0 aromatic carbocycles. The van der Waals surface area contributed by atoms with Crippen LogP contribution >= 0.6 is 0 Å².